The van der Waals surface area contributed by atoms with Crippen molar-refractivity contribution in [3.63, 3.8) is 0 Å². The molecule has 1 aromatic heterocycles. The van der Waals surface area contributed by atoms with Crippen molar-refractivity contribution in [2.24, 2.45) is 5.92 Å². The first-order valence-corrected chi connectivity index (χ1v) is 11.5. The fourth-order valence-corrected chi connectivity index (χ4v) is 4.72. The predicted molar refractivity (Wildman–Crippen MR) is 130 cm³/mol. The Kier molecular flexibility index (Phi) is 6.78. The van der Waals surface area contributed by atoms with Gasteiger partial charge in [-0.3, -0.25) is 19.9 Å². The summed E-state index contributed by atoms with van der Waals surface area (Å²) in [5, 5.41) is 11.9. The molecule has 4 rings (SSSR count). The van der Waals surface area contributed by atoms with Crippen molar-refractivity contribution in [1.29, 1.82) is 5.26 Å². The summed E-state index contributed by atoms with van der Waals surface area (Å²) in [5.74, 6) is -0.325. The van der Waals surface area contributed by atoms with Crippen molar-refractivity contribution in [3.8, 4) is 23.1 Å². The molecular formula is C27H28N4O3. The number of likely N-dealkylation sites (tertiary alicyclic amines) is 1. The number of fused-ring (bicyclic) bond motifs is 1. The smallest absolute Gasteiger partial charge is 0.263 e. The quantitative estimate of drug-likeness (QED) is 0.460. The molecule has 2 atom stereocenters. The van der Waals surface area contributed by atoms with Crippen LogP contribution < -0.4 is 10.1 Å². The molecule has 2 heterocycles. The van der Waals surface area contributed by atoms with Crippen molar-refractivity contribution >= 4 is 22.7 Å². The normalized spacial score (nSPS) is 16.5. The third-order valence-electron chi connectivity index (χ3n) is 6.41. The average molecular weight is 457 g/mol. The number of aryl methyl sites for hydroxylation is 2. The van der Waals surface area contributed by atoms with E-state index in [2.05, 4.69) is 42.3 Å². The van der Waals surface area contributed by atoms with Crippen LogP contribution in [0.4, 0.5) is 0 Å². The molecule has 34 heavy (non-hydrogen) atoms. The molecule has 174 valence electrons. The SMILES string of the molecule is Cc1cccc(C)c1-c1ccnc2cc(O[C@H](C)C(=O)N3CCCC(C(=O)NC#N)C3)ccc12. The minimum atomic E-state index is -0.711. The molecule has 1 N–H and O–H groups in total. The average Bonchev–Trinajstić information content (AvgIpc) is 2.83. The van der Waals surface area contributed by atoms with E-state index in [1.165, 1.54) is 16.7 Å². The zero-order valence-corrected chi connectivity index (χ0v) is 19.7. The van der Waals surface area contributed by atoms with Gasteiger partial charge in [-0.25, -0.2) is 0 Å². The van der Waals surface area contributed by atoms with Gasteiger partial charge >= 0.3 is 0 Å². The number of nitrogens with zero attached hydrogens (tertiary/aromatic N) is 3. The van der Waals surface area contributed by atoms with Gasteiger partial charge in [-0.2, -0.15) is 5.26 Å². The van der Waals surface area contributed by atoms with Crippen molar-refractivity contribution in [2.45, 2.75) is 39.7 Å². The van der Waals surface area contributed by atoms with Crippen LogP contribution in [0, 0.1) is 31.2 Å². The lowest BCUT2D eigenvalue weighted by Gasteiger charge is -2.33. The summed E-state index contributed by atoms with van der Waals surface area (Å²) in [4.78, 5) is 31.2. The molecule has 1 fully saturated rings. The van der Waals surface area contributed by atoms with Crippen LogP contribution in [0.1, 0.15) is 30.9 Å². The molecule has 0 aliphatic carbocycles. The maximum Gasteiger partial charge on any atom is 0.263 e. The van der Waals surface area contributed by atoms with Crippen molar-refractivity contribution in [1.82, 2.24) is 15.2 Å². The maximum atomic E-state index is 13.0. The molecule has 1 unspecified atom stereocenters. The Morgan fingerprint density at radius 2 is 1.97 bits per heavy atom. The van der Waals surface area contributed by atoms with E-state index >= 15 is 0 Å². The number of hydrogen-bond acceptors (Lipinski definition) is 5. The topological polar surface area (TPSA) is 95.3 Å². The summed E-state index contributed by atoms with van der Waals surface area (Å²) < 4.78 is 5.99. The number of nitriles is 1. The summed E-state index contributed by atoms with van der Waals surface area (Å²) >= 11 is 0. The number of hydrogen-bond donors (Lipinski definition) is 1. The number of amides is 2. The van der Waals surface area contributed by atoms with E-state index in [0.717, 1.165) is 16.5 Å². The van der Waals surface area contributed by atoms with Gasteiger partial charge in [0.1, 0.15) is 5.75 Å². The Labute approximate surface area is 199 Å². The number of aromatic nitrogens is 1. The molecule has 0 spiro atoms. The van der Waals surface area contributed by atoms with E-state index in [9.17, 15) is 9.59 Å². The fraction of sp³-hybridized carbons (Fsp3) is 0.333. The summed E-state index contributed by atoms with van der Waals surface area (Å²) in [6.07, 6.45) is 4.12. The van der Waals surface area contributed by atoms with Gasteiger partial charge < -0.3 is 9.64 Å². The predicted octanol–water partition coefficient (Wildman–Crippen LogP) is 4.12. The van der Waals surface area contributed by atoms with Crippen LogP contribution in [0.15, 0.2) is 48.7 Å². The molecule has 7 nitrogen and oxygen atoms in total. The number of piperidine rings is 1. The zero-order valence-electron chi connectivity index (χ0n) is 19.7. The Morgan fingerprint density at radius 1 is 1.21 bits per heavy atom. The molecule has 0 radical (unpaired) electrons. The molecule has 1 aliphatic heterocycles. The lowest BCUT2D eigenvalue weighted by molar-refractivity contribution is -0.141. The number of ether oxygens (including phenoxy) is 1. The third-order valence-corrected chi connectivity index (χ3v) is 6.41. The standard InChI is InChI=1S/C27H28N4O3/c1-17-6-4-7-18(2)25(17)23-11-12-29-24-14-21(9-10-22(23)24)34-19(3)27(33)31-13-5-8-20(15-31)26(32)30-16-28/h4,6-7,9-12,14,19-20H,5,8,13,15H2,1-3H3,(H,30,32)/t19-,20?/m1/s1. The molecule has 2 amide bonds. The Morgan fingerprint density at radius 3 is 2.71 bits per heavy atom. The molecule has 3 aromatic rings. The monoisotopic (exact) mass is 456 g/mol. The number of carbonyl (C=O) groups excluding carboxylic acids is 2. The van der Waals surface area contributed by atoms with E-state index < -0.39 is 6.10 Å². The fourth-order valence-electron chi connectivity index (χ4n) is 4.72. The molecule has 1 saturated heterocycles. The maximum absolute atomic E-state index is 13.0. The highest BCUT2D eigenvalue weighted by Gasteiger charge is 2.31. The van der Waals surface area contributed by atoms with Gasteiger partial charge in [0, 0.05) is 30.7 Å². The number of nitrogens with one attached hydrogen (secondary N) is 1. The summed E-state index contributed by atoms with van der Waals surface area (Å²) in [6, 6.07) is 14.0. The van der Waals surface area contributed by atoms with Crippen LogP contribution in [0.5, 0.6) is 5.75 Å². The summed E-state index contributed by atoms with van der Waals surface area (Å²) in [6.45, 7) is 6.79. The van der Waals surface area contributed by atoms with Gasteiger partial charge in [0.25, 0.3) is 5.91 Å². The zero-order chi connectivity index (χ0) is 24.2. The van der Waals surface area contributed by atoms with Gasteiger partial charge in [0.05, 0.1) is 11.4 Å². The number of pyridine rings is 1. The molecule has 0 bridgehead atoms. The molecule has 1 aliphatic rings. The Balaban J connectivity index is 1.52. The minimum Gasteiger partial charge on any atom is -0.481 e. The lowest BCUT2D eigenvalue weighted by atomic mass is 9.93. The van der Waals surface area contributed by atoms with E-state index in [0.29, 0.717) is 31.7 Å². The molecular weight excluding hydrogens is 428 g/mol. The van der Waals surface area contributed by atoms with E-state index in [1.54, 1.807) is 24.2 Å². The van der Waals surface area contributed by atoms with Crippen LogP contribution in [-0.4, -0.2) is 40.9 Å². The number of rotatable bonds is 5. The van der Waals surface area contributed by atoms with E-state index in [1.807, 2.05) is 24.3 Å². The summed E-state index contributed by atoms with van der Waals surface area (Å²) in [5.41, 5.74) is 5.52. The third kappa shape index (κ3) is 4.72. The lowest BCUT2D eigenvalue weighted by Crippen LogP contribution is -2.48. The Bertz CT molecular complexity index is 1260. The first-order chi connectivity index (χ1) is 16.4. The highest BCUT2D eigenvalue weighted by Crippen LogP contribution is 2.34. The molecule has 2 aromatic carbocycles. The van der Waals surface area contributed by atoms with Crippen LogP contribution in [0.2, 0.25) is 0 Å². The van der Waals surface area contributed by atoms with Gasteiger partial charge in [-0.15, -0.1) is 0 Å². The second kappa shape index (κ2) is 9.92. The second-order valence-electron chi connectivity index (χ2n) is 8.79. The van der Waals surface area contributed by atoms with Gasteiger partial charge in [0.2, 0.25) is 5.91 Å². The highest BCUT2D eigenvalue weighted by molar-refractivity contribution is 5.96. The number of benzene rings is 2. The molecule has 0 saturated carbocycles. The van der Waals surface area contributed by atoms with Crippen LogP contribution in [0.3, 0.4) is 0 Å². The van der Waals surface area contributed by atoms with Crippen LogP contribution >= 0.6 is 0 Å². The van der Waals surface area contributed by atoms with Gasteiger partial charge in [-0.1, -0.05) is 18.2 Å². The second-order valence-corrected chi connectivity index (χ2v) is 8.79. The first kappa shape index (κ1) is 23.2. The highest BCUT2D eigenvalue weighted by atomic mass is 16.5. The molecule has 7 heteroatoms. The van der Waals surface area contributed by atoms with Crippen molar-refractivity contribution < 1.29 is 14.3 Å². The van der Waals surface area contributed by atoms with Gasteiger partial charge in [-0.05, 0) is 74.1 Å². The number of carbonyl (C=O) groups is 2. The van der Waals surface area contributed by atoms with Crippen LogP contribution in [-0.2, 0) is 9.59 Å². The largest absolute Gasteiger partial charge is 0.481 e. The summed E-state index contributed by atoms with van der Waals surface area (Å²) in [7, 11) is 0. The minimum absolute atomic E-state index is 0.174. The van der Waals surface area contributed by atoms with Crippen molar-refractivity contribution in [2.75, 3.05) is 13.1 Å². The van der Waals surface area contributed by atoms with Gasteiger partial charge in [0.15, 0.2) is 12.3 Å². The van der Waals surface area contributed by atoms with Crippen LogP contribution in [0.25, 0.3) is 22.0 Å². The van der Waals surface area contributed by atoms with E-state index in [4.69, 9.17) is 10.00 Å². The first-order valence-electron chi connectivity index (χ1n) is 11.5. The van der Waals surface area contributed by atoms with Crippen molar-refractivity contribution in [3.05, 3.63) is 59.8 Å². The van der Waals surface area contributed by atoms with E-state index in [-0.39, 0.29) is 17.7 Å². The Hall–Kier alpha value is -3.92.